The molecule has 152 valence electrons. The van der Waals surface area contributed by atoms with Crippen LogP contribution in [0.25, 0.3) is 0 Å². The van der Waals surface area contributed by atoms with Gasteiger partial charge in [-0.1, -0.05) is 12.1 Å². The molecule has 0 bridgehead atoms. The Morgan fingerprint density at radius 1 is 1.14 bits per heavy atom. The highest BCUT2D eigenvalue weighted by Gasteiger charge is 2.32. The van der Waals surface area contributed by atoms with Gasteiger partial charge < -0.3 is 30.0 Å². The quantitative estimate of drug-likeness (QED) is 0.266. The summed E-state index contributed by atoms with van der Waals surface area (Å²) >= 11 is 0. The molecule has 3 rings (SSSR count). The second kappa shape index (κ2) is 9.57. The zero-order valence-corrected chi connectivity index (χ0v) is 16.7. The van der Waals surface area contributed by atoms with Crippen LogP contribution in [0.5, 0.6) is 23.0 Å². The number of guanidine groups is 1. The molecule has 0 radical (unpaired) electrons. The molecule has 0 aromatic heterocycles. The van der Waals surface area contributed by atoms with Crippen LogP contribution in [0, 0.1) is 0 Å². The third-order valence-corrected chi connectivity index (χ3v) is 3.36. The third-order valence-electron chi connectivity index (χ3n) is 3.36. The van der Waals surface area contributed by atoms with E-state index < -0.39 is 12.1 Å². The van der Waals surface area contributed by atoms with E-state index in [0.717, 1.165) is 0 Å². The van der Waals surface area contributed by atoms with Gasteiger partial charge in [-0.05, 0) is 24.3 Å². The third kappa shape index (κ3) is 6.25. The van der Waals surface area contributed by atoms with Crippen molar-refractivity contribution in [2.24, 2.45) is 10.7 Å². The number of benzene rings is 2. The van der Waals surface area contributed by atoms with Gasteiger partial charge in [0.2, 0.25) is 6.79 Å². The lowest BCUT2D eigenvalue weighted by Crippen LogP contribution is -2.25. The average Bonchev–Trinajstić information content (AvgIpc) is 3.07. The molecule has 1 aliphatic rings. The largest absolute Gasteiger partial charge is 0.573 e. The number of nitrogens with zero attached hydrogens (tertiary/aromatic N) is 1. The van der Waals surface area contributed by atoms with E-state index in [9.17, 15) is 13.2 Å². The van der Waals surface area contributed by atoms with Gasteiger partial charge in [0.05, 0.1) is 12.2 Å². The monoisotopic (exact) mass is 511 g/mol. The molecule has 2 aromatic rings. The summed E-state index contributed by atoms with van der Waals surface area (Å²) in [6, 6.07) is 10.7. The smallest absolute Gasteiger partial charge is 0.492 e. The molecule has 2 aromatic carbocycles. The molecule has 11 heteroatoms. The van der Waals surface area contributed by atoms with Crippen molar-refractivity contribution in [1.82, 2.24) is 0 Å². The number of aliphatic imine (C=N–C) groups is 1. The molecule has 0 spiro atoms. The number of alkyl halides is 3. The van der Waals surface area contributed by atoms with Crippen molar-refractivity contribution < 1.29 is 32.1 Å². The van der Waals surface area contributed by atoms with Crippen LogP contribution in [0.2, 0.25) is 0 Å². The summed E-state index contributed by atoms with van der Waals surface area (Å²) in [6.45, 7) is 0.573. The Morgan fingerprint density at radius 3 is 2.68 bits per heavy atom. The Morgan fingerprint density at radius 2 is 1.89 bits per heavy atom. The van der Waals surface area contributed by atoms with Gasteiger partial charge in [-0.2, -0.15) is 0 Å². The Labute approximate surface area is 175 Å². The SMILES string of the molecule is I.NC(=NCCOc1ccc2c(c1)OCO2)Nc1ccccc1OC(F)(F)F. The van der Waals surface area contributed by atoms with Crippen molar-refractivity contribution in [2.75, 3.05) is 25.3 Å². The molecule has 1 aliphatic heterocycles. The van der Waals surface area contributed by atoms with E-state index in [1.165, 1.54) is 18.2 Å². The van der Waals surface area contributed by atoms with Crippen LogP contribution in [-0.2, 0) is 0 Å². The lowest BCUT2D eigenvalue weighted by molar-refractivity contribution is -0.274. The van der Waals surface area contributed by atoms with Crippen LogP contribution in [0.3, 0.4) is 0 Å². The van der Waals surface area contributed by atoms with E-state index in [1.54, 1.807) is 24.3 Å². The Kier molecular flexibility index (Phi) is 7.43. The predicted octanol–water partition coefficient (Wildman–Crippen LogP) is 3.74. The van der Waals surface area contributed by atoms with E-state index in [-0.39, 0.29) is 55.6 Å². The molecule has 0 saturated heterocycles. The summed E-state index contributed by atoms with van der Waals surface area (Å²) in [5.41, 5.74) is 5.75. The maximum absolute atomic E-state index is 12.4. The standard InChI is InChI=1S/C17H16F3N3O4.HI/c18-17(19,20)27-13-4-2-1-3-12(13)23-16(21)22-7-8-24-11-5-6-14-15(9-11)26-10-25-14;/h1-6,9H,7-8,10H2,(H3,21,22,23);1H. The van der Waals surface area contributed by atoms with E-state index in [1.807, 2.05) is 0 Å². The van der Waals surface area contributed by atoms with E-state index >= 15 is 0 Å². The van der Waals surface area contributed by atoms with Crippen molar-refractivity contribution in [1.29, 1.82) is 0 Å². The molecule has 28 heavy (non-hydrogen) atoms. The lowest BCUT2D eigenvalue weighted by atomic mass is 10.3. The van der Waals surface area contributed by atoms with Crippen molar-refractivity contribution >= 4 is 35.6 Å². The summed E-state index contributed by atoms with van der Waals surface area (Å²) in [5.74, 6) is 1.35. The molecule has 7 nitrogen and oxygen atoms in total. The fourth-order valence-electron chi connectivity index (χ4n) is 2.26. The molecule has 0 atom stereocenters. The summed E-state index contributed by atoms with van der Waals surface area (Å²) < 4.78 is 57.1. The molecule has 0 saturated carbocycles. The molecular weight excluding hydrogens is 494 g/mol. The van der Waals surface area contributed by atoms with Gasteiger partial charge in [0.15, 0.2) is 23.2 Å². The van der Waals surface area contributed by atoms with Crippen LogP contribution >= 0.6 is 24.0 Å². The van der Waals surface area contributed by atoms with Crippen molar-refractivity contribution in [2.45, 2.75) is 6.36 Å². The molecule has 3 N–H and O–H groups in total. The van der Waals surface area contributed by atoms with Gasteiger partial charge in [0.25, 0.3) is 0 Å². The molecule has 0 fully saturated rings. The van der Waals surface area contributed by atoms with Gasteiger partial charge in [-0.15, -0.1) is 37.1 Å². The minimum absolute atomic E-state index is 0. The minimum Gasteiger partial charge on any atom is -0.492 e. The maximum atomic E-state index is 12.4. The highest BCUT2D eigenvalue weighted by atomic mass is 127. The normalized spacial score (nSPS) is 12.9. The summed E-state index contributed by atoms with van der Waals surface area (Å²) in [5, 5.41) is 2.58. The first kappa shape index (κ1) is 21.7. The lowest BCUT2D eigenvalue weighted by Gasteiger charge is -2.14. The van der Waals surface area contributed by atoms with Crippen LogP contribution in [-0.4, -0.2) is 32.3 Å². The first-order chi connectivity index (χ1) is 12.9. The van der Waals surface area contributed by atoms with Gasteiger partial charge in [0, 0.05) is 6.07 Å². The molecule has 1 heterocycles. The summed E-state index contributed by atoms with van der Waals surface area (Å²) in [4.78, 5) is 4.01. The van der Waals surface area contributed by atoms with Crippen molar-refractivity contribution in [3.8, 4) is 23.0 Å². The molecule has 0 unspecified atom stereocenters. The van der Waals surface area contributed by atoms with Crippen LogP contribution in [0.15, 0.2) is 47.5 Å². The van der Waals surface area contributed by atoms with Crippen LogP contribution in [0.1, 0.15) is 0 Å². The number of nitrogens with two attached hydrogens (primary N) is 1. The number of rotatable bonds is 6. The topological polar surface area (TPSA) is 87.3 Å². The maximum Gasteiger partial charge on any atom is 0.573 e. The highest BCUT2D eigenvalue weighted by molar-refractivity contribution is 14.0. The zero-order valence-electron chi connectivity index (χ0n) is 14.4. The predicted molar refractivity (Wildman–Crippen MR) is 107 cm³/mol. The number of fused-ring (bicyclic) bond motifs is 1. The van der Waals surface area contributed by atoms with Crippen LogP contribution in [0.4, 0.5) is 18.9 Å². The number of ether oxygens (including phenoxy) is 4. The molecule has 0 aliphatic carbocycles. The fraction of sp³-hybridized carbons (Fsp3) is 0.235. The average molecular weight is 511 g/mol. The van der Waals surface area contributed by atoms with E-state index in [2.05, 4.69) is 15.0 Å². The first-order valence-corrected chi connectivity index (χ1v) is 7.85. The van der Waals surface area contributed by atoms with Gasteiger partial charge in [-0.25, -0.2) is 4.99 Å². The second-order valence-corrected chi connectivity index (χ2v) is 5.30. The Bertz CT molecular complexity index is 834. The fourth-order valence-corrected chi connectivity index (χ4v) is 2.26. The molecular formula is C17H17F3IN3O4. The van der Waals surface area contributed by atoms with Crippen molar-refractivity contribution in [3.63, 3.8) is 0 Å². The van der Waals surface area contributed by atoms with Gasteiger partial charge >= 0.3 is 6.36 Å². The Balaban J connectivity index is 0.00000280. The minimum atomic E-state index is -4.80. The number of halogens is 4. The Hall–Kier alpha value is -2.57. The van der Waals surface area contributed by atoms with Crippen LogP contribution < -0.4 is 30.0 Å². The van der Waals surface area contributed by atoms with Crippen molar-refractivity contribution in [3.05, 3.63) is 42.5 Å². The van der Waals surface area contributed by atoms with Gasteiger partial charge in [-0.3, -0.25) is 0 Å². The summed E-state index contributed by atoms with van der Waals surface area (Å²) in [7, 11) is 0. The number of hydrogen-bond donors (Lipinski definition) is 2. The first-order valence-electron chi connectivity index (χ1n) is 7.85. The highest BCUT2D eigenvalue weighted by Crippen LogP contribution is 2.35. The van der Waals surface area contributed by atoms with E-state index in [0.29, 0.717) is 17.2 Å². The number of anilines is 1. The zero-order chi connectivity index (χ0) is 19.3. The number of hydrogen-bond acceptors (Lipinski definition) is 5. The summed E-state index contributed by atoms with van der Waals surface area (Å²) in [6.07, 6.45) is -4.80. The second-order valence-electron chi connectivity index (χ2n) is 5.30. The van der Waals surface area contributed by atoms with E-state index in [4.69, 9.17) is 19.9 Å². The molecule has 0 amide bonds. The number of para-hydroxylation sites is 2. The number of nitrogens with one attached hydrogen (secondary N) is 1. The van der Waals surface area contributed by atoms with Gasteiger partial charge in [0.1, 0.15) is 12.4 Å².